The van der Waals surface area contributed by atoms with Crippen LogP contribution in [0.4, 0.5) is 5.69 Å². The summed E-state index contributed by atoms with van der Waals surface area (Å²) in [6.45, 7) is 3.94. The Labute approximate surface area is 173 Å². The van der Waals surface area contributed by atoms with Crippen LogP contribution in [0.5, 0.6) is 5.75 Å². The van der Waals surface area contributed by atoms with Crippen LogP contribution >= 0.6 is 24.0 Å². The number of likely N-dealkylation sites (N-methyl/N-ethyl adjacent to an activating group) is 1. The zero-order valence-corrected chi connectivity index (χ0v) is 17.4. The number of nitrogens with one attached hydrogen (secondary N) is 1. The largest absolute Gasteiger partial charge is 0.484 e. The van der Waals surface area contributed by atoms with Crippen LogP contribution < -0.4 is 10.1 Å². The Morgan fingerprint density at radius 1 is 1.18 bits per heavy atom. The molecule has 1 aliphatic rings. The Kier molecular flexibility index (Phi) is 6.16. The van der Waals surface area contributed by atoms with E-state index in [4.69, 9.17) is 17.0 Å². The summed E-state index contributed by atoms with van der Waals surface area (Å²) in [6.07, 6.45) is 1.79. The number of nitrogens with zero attached hydrogens (tertiary/aromatic N) is 1. The number of carbonyl (C=O) groups is 2. The highest BCUT2D eigenvalue weighted by molar-refractivity contribution is 8.26. The number of aryl methyl sites for hydroxylation is 2. The zero-order chi connectivity index (χ0) is 20.3. The third-order valence-corrected chi connectivity index (χ3v) is 5.81. The zero-order valence-electron chi connectivity index (χ0n) is 15.8. The van der Waals surface area contributed by atoms with Gasteiger partial charge in [-0.15, -0.1) is 0 Å². The first-order valence-corrected chi connectivity index (χ1v) is 9.87. The molecule has 0 radical (unpaired) electrons. The number of carbonyl (C=O) groups excluding carboxylic acids is 2. The lowest BCUT2D eigenvalue weighted by atomic mass is 10.1. The molecule has 28 heavy (non-hydrogen) atoms. The standard InChI is InChI=1S/C21H20N2O3S2/c1-13-4-7-16(10-14(13)2)22-19(24)12-26-17-8-5-15(6-9-17)11-18-20(25)23(3)21(27)28-18/h4-11H,12H2,1-3H3,(H,22,24). The van der Waals surface area contributed by atoms with Gasteiger partial charge in [0.25, 0.3) is 11.8 Å². The van der Waals surface area contributed by atoms with Crippen molar-refractivity contribution in [1.29, 1.82) is 0 Å². The molecule has 0 saturated carbocycles. The van der Waals surface area contributed by atoms with Crippen LogP contribution in [0.3, 0.4) is 0 Å². The van der Waals surface area contributed by atoms with Gasteiger partial charge in [-0.05, 0) is 60.9 Å². The van der Waals surface area contributed by atoms with Crippen LogP contribution in [-0.4, -0.2) is 34.7 Å². The molecule has 0 atom stereocenters. The van der Waals surface area contributed by atoms with Crippen molar-refractivity contribution < 1.29 is 14.3 Å². The van der Waals surface area contributed by atoms with E-state index < -0.39 is 0 Å². The molecular weight excluding hydrogens is 392 g/mol. The lowest BCUT2D eigenvalue weighted by molar-refractivity contribution is -0.121. The van der Waals surface area contributed by atoms with Gasteiger partial charge < -0.3 is 10.1 Å². The molecule has 144 valence electrons. The van der Waals surface area contributed by atoms with Gasteiger partial charge in [-0.25, -0.2) is 0 Å². The topological polar surface area (TPSA) is 58.6 Å². The maximum atomic E-state index is 12.1. The molecule has 1 aliphatic heterocycles. The second-order valence-electron chi connectivity index (χ2n) is 6.45. The molecule has 2 amide bonds. The van der Waals surface area contributed by atoms with Crippen LogP contribution in [0.25, 0.3) is 6.08 Å². The van der Waals surface area contributed by atoms with Crippen LogP contribution in [0.15, 0.2) is 47.4 Å². The highest BCUT2D eigenvalue weighted by Crippen LogP contribution is 2.31. The minimum atomic E-state index is -0.223. The van der Waals surface area contributed by atoms with Gasteiger partial charge in [0.1, 0.15) is 10.1 Å². The monoisotopic (exact) mass is 412 g/mol. The number of thiocarbonyl (C=S) groups is 1. The highest BCUT2D eigenvalue weighted by atomic mass is 32.2. The van der Waals surface area contributed by atoms with E-state index in [9.17, 15) is 9.59 Å². The molecule has 0 spiro atoms. The first-order valence-electron chi connectivity index (χ1n) is 8.65. The summed E-state index contributed by atoms with van der Waals surface area (Å²) in [7, 11) is 1.67. The fourth-order valence-corrected chi connectivity index (χ4v) is 3.70. The van der Waals surface area contributed by atoms with Crippen LogP contribution in [0.2, 0.25) is 0 Å². The van der Waals surface area contributed by atoms with E-state index in [1.165, 1.54) is 22.2 Å². The average Bonchev–Trinajstić information content (AvgIpc) is 2.91. The number of hydrogen-bond acceptors (Lipinski definition) is 5. The molecular formula is C21H20N2O3S2. The van der Waals surface area contributed by atoms with Crippen molar-refractivity contribution in [2.45, 2.75) is 13.8 Å². The molecule has 0 bridgehead atoms. The number of hydrogen-bond donors (Lipinski definition) is 1. The molecule has 0 aliphatic carbocycles. The third-order valence-electron chi connectivity index (χ3n) is 4.33. The summed E-state index contributed by atoms with van der Waals surface area (Å²) in [4.78, 5) is 26.2. The Bertz CT molecular complexity index is 968. The second-order valence-corrected chi connectivity index (χ2v) is 8.12. The summed E-state index contributed by atoms with van der Waals surface area (Å²) < 4.78 is 6.09. The molecule has 1 fully saturated rings. The first kappa shape index (κ1) is 20.1. The van der Waals surface area contributed by atoms with Gasteiger partial charge in [0, 0.05) is 12.7 Å². The SMILES string of the molecule is Cc1ccc(NC(=O)COc2ccc(C=C3SC(=S)N(C)C3=O)cc2)cc1C. The summed E-state index contributed by atoms with van der Waals surface area (Å²) in [5.74, 6) is 0.257. The molecule has 0 unspecified atom stereocenters. The van der Waals surface area contributed by atoms with E-state index in [0.29, 0.717) is 15.0 Å². The Morgan fingerprint density at radius 3 is 2.50 bits per heavy atom. The van der Waals surface area contributed by atoms with Gasteiger partial charge in [-0.3, -0.25) is 14.5 Å². The van der Waals surface area contributed by atoms with Gasteiger partial charge in [0.15, 0.2) is 6.61 Å². The second kappa shape index (κ2) is 8.58. The molecule has 7 heteroatoms. The predicted molar refractivity (Wildman–Crippen MR) is 117 cm³/mol. The van der Waals surface area contributed by atoms with Crippen molar-refractivity contribution in [3.63, 3.8) is 0 Å². The van der Waals surface area contributed by atoms with Gasteiger partial charge in [0.05, 0.1) is 4.91 Å². The van der Waals surface area contributed by atoms with E-state index in [-0.39, 0.29) is 18.4 Å². The predicted octanol–water partition coefficient (Wildman–Crippen LogP) is 4.15. The number of rotatable bonds is 5. The molecule has 0 aromatic heterocycles. The number of anilines is 1. The van der Waals surface area contributed by atoms with Crippen LogP contribution in [0.1, 0.15) is 16.7 Å². The lowest BCUT2D eigenvalue weighted by Gasteiger charge is -2.09. The molecule has 1 saturated heterocycles. The number of benzene rings is 2. The van der Waals surface area contributed by atoms with E-state index >= 15 is 0 Å². The van der Waals surface area contributed by atoms with Gasteiger partial charge >= 0.3 is 0 Å². The maximum absolute atomic E-state index is 12.1. The lowest BCUT2D eigenvalue weighted by Crippen LogP contribution is -2.22. The maximum Gasteiger partial charge on any atom is 0.265 e. The van der Waals surface area contributed by atoms with E-state index in [0.717, 1.165) is 16.8 Å². The van der Waals surface area contributed by atoms with Crippen LogP contribution in [-0.2, 0) is 9.59 Å². The quantitative estimate of drug-likeness (QED) is 0.591. The van der Waals surface area contributed by atoms with E-state index in [1.54, 1.807) is 25.3 Å². The molecule has 1 heterocycles. The summed E-state index contributed by atoms with van der Waals surface area (Å²) in [6, 6.07) is 13.0. The molecule has 3 rings (SSSR count). The summed E-state index contributed by atoms with van der Waals surface area (Å²) in [5, 5.41) is 2.82. The van der Waals surface area contributed by atoms with Crippen molar-refractivity contribution in [3.05, 3.63) is 64.1 Å². The first-order chi connectivity index (χ1) is 13.3. The molecule has 1 N–H and O–H groups in total. The Balaban J connectivity index is 1.56. The molecule has 2 aromatic rings. The Hall–Kier alpha value is -2.64. The van der Waals surface area contributed by atoms with Crippen LogP contribution in [0, 0.1) is 13.8 Å². The third kappa shape index (κ3) is 4.79. The number of ether oxygens (including phenoxy) is 1. The van der Waals surface area contributed by atoms with Crippen molar-refractivity contribution in [1.82, 2.24) is 4.90 Å². The smallest absolute Gasteiger partial charge is 0.265 e. The van der Waals surface area contributed by atoms with E-state index in [1.807, 2.05) is 44.2 Å². The van der Waals surface area contributed by atoms with Gasteiger partial charge in [0.2, 0.25) is 0 Å². The summed E-state index contributed by atoms with van der Waals surface area (Å²) >= 11 is 6.40. The Morgan fingerprint density at radius 2 is 1.89 bits per heavy atom. The molecule has 2 aromatic carbocycles. The fourth-order valence-electron chi connectivity index (χ4n) is 2.52. The highest BCUT2D eigenvalue weighted by Gasteiger charge is 2.28. The van der Waals surface area contributed by atoms with Crippen molar-refractivity contribution in [2.75, 3.05) is 19.0 Å². The van der Waals surface area contributed by atoms with Gasteiger partial charge in [-0.1, -0.05) is 42.2 Å². The normalized spacial score (nSPS) is 15.2. The van der Waals surface area contributed by atoms with Crippen molar-refractivity contribution in [3.8, 4) is 5.75 Å². The van der Waals surface area contributed by atoms with Crippen molar-refractivity contribution in [2.24, 2.45) is 0 Å². The number of thioether (sulfide) groups is 1. The average molecular weight is 413 g/mol. The minimum Gasteiger partial charge on any atom is -0.484 e. The number of amides is 2. The van der Waals surface area contributed by atoms with Gasteiger partial charge in [-0.2, -0.15) is 0 Å². The summed E-state index contributed by atoms with van der Waals surface area (Å²) in [5.41, 5.74) is 3.91. The van der Waals surface area contributed by atoms with E-state index in [2.05, 4.69) is 5.32 Å². The molecule has 5 nitrogen and oxygen atoms in total. The van der Waals surface area contributed by atoms with Crippen molar-refractivity contribution >= 4 is 51.9 Å². The fraction of sp³-hybridized carbons (Fsp3) is 0.190. The minimum absolute atomic E-state index is 0.0826.